The zero-order valence-electron chi connectivity index (χ0n) is 17.4. The standard InChI is InChI=1S/C22H28N2O4/c1-16-11-12-18(23(5)21(26)28-22(2,3)4)19(13-16)24(15-25)14-17-9-7-8-10-20(17)27-6/h7-13,15H,14H2,1-6H3. The number of anilines is 2. The van der Waals surface area contributed by atoms with Crippen LogP contribution in [0, 0.1) is 6.92 Å². The van der Waals surface area contributed by atoms with Gasteiger partial charge in [-0.05, 0) is 51.5 Å². The summed E-state index contributed by atoms with van der Waals surface area (Å²) in [4.78, 5) is 27.5. The van der Waals surface area contributed by atoms with E-state index >= 15 is 0 Å². The summed E-state index contributed by atoms with van der Waals surface area (Å²) in [6, 6.07) is 13.1. The maximum absolute atomic E-state index is 12.5. The maximum atomic E-state index is 12.5. The molecule has 0 aliphatic heterocycles. The molecule has 0 heterocycles. The molecule has 2 rings (SSSR count). The second-order valence-corrected chi connectivity index (χ2v) is 7.58. The van der Waals surface area contributed by atoms with Crippen LogP contribution in [0.5, 0.6) is 5.75 Å². The molecular weight excluding hydrogens is 356 g/mol. The van der Waals surface area contributed by atoms with Crippen molar-refractivity contribution in [1.29, 1.82) is 0 Å². The highest BCUT2D eigenvalue weighted by atomic mass is 16.6. The Morgan fingerprint density at radius 2 is 1.79 bits per heavy atom. The van der Waals surface area contributed by atoms with Gasteiger partial charge in [0.2, 0.25) is 6.41 Å². The highest BCUT2D eigenvalue weighted by Crippen LogP contribution is 2.32. The molecule has 0 saturated carbocycles. The Balaban J connectivity index is 2.41. The Kier molecular flexibility index (Phi) is 6.67. The van der Waals surface area contributed by atoms with Gasteiger partial charge >= 0.3 is 6.09 Å². The van der Waals surface area contributed by atoms with Crippen LogP contribution in [-0.2, 0) is 16.1 Å². The van der Waals surface area contributed by atoms with E-state index in [9.17, 15) is 9.59 Å². The van der Waals surface area contributed by atoms with E-state index in [1.165, 1.54) is 4.90 Å². The molecule has 6 nitrogen and oxygen atoms in total. The zero-order chi connectivity index (χ0) is 20.9. The predicted octanol–water partition coefficient (Wildman–Crippen LogP) is 4.54. The predicted molar refractivity (Wildman–Crippen MR) is 111 cm³/mol. The minimum atomic E-state index is -0.613. The molecule has 0 unspecified atom stereocenters. The smallest absolute Gasteiger partial charge is 0.414 e. The molecule has 2 aromatic carbocycles. The summed E-state index contributed by atoms with van der Waals surface area (Å²) >= 11 is 0. The van der Waals surface area contributed by atoms with Crippen molar-refractivity contribution >= 4 is 23.9 Å². The van der Waals surface area contributed by atoms with Crippen LogP contribution in [0.4, 0.5) is 16.2 Å². The first-order valence-electron chi connectivity index (χ1n) is 9.07. The van der Waals surface area contributed by atoms with Crippen molar-refractivity contribution in [3.8, 4) is 5.75 Å². The number of amides is 2. The first-order chi connectivity index (χ1) is 13.2. The average Bonchev–Trinajstić information content (AvgIpc) is 2.64. The van der Waals surface area contributed by atoms with Gasteiger partial charge in [-0.2, -0.15) is 0 Å². The van der Waals surface area contributed by atoms with Crippen LogP contribution >= 0.6 is 0 Å². The third-order valence-corrected chi connectivity index (χ3v) is 4.13. The molecule has 150 valence electrons. The van der Waals surface area contributed by atoms with Gasteiger partial charge in [-0.1, -0.05) is 24.3 Å². The average molecular weight is 384 g/mol. The van der Waals surface area contributed by atoms with Crippen molar-refractivity contribution in [2.45, 2.75) is 39.8 Å². The van der Waals surface area contributed by atoms with Crippen LogP contribution in [0.25, 0.3) is 0 Å². The summed E-state index contributed by atoms with van der Waals surface area (Å²) in [7, 11) is 3.23. The van der Waals surface area contributed by atoms with E-state index in [1.54, 1.807) is 19.1 Å². The van der Waals surface area contributed by atoms with E-state index in [1.807, 2.05) is 70.2 Å². The number of hydrogen-bond donors (Lipinski definition) is 0. The van der Waals surface area contributed by atoms with Gasteiger partial charge in [-0.25, -0.2) is 4.79 Å². The fourth-order valence-corrected chi connectivity index (χ4v) is 2.77. The van der Waals surface area contributed by atoms with Crippen LogP contribution < -0.4 is 14.5 Å². The van der Waals surface area contributed by atoms with E-state index in [0.717, 1.165) is 17.5 Å². The molecule has 0 aromatic heterocycles. The number of carbonyl (C=O) groups excluding carboxylic acids is 2. The molecule has 0 fully saturated rings. The van der Waals surface area contributed by atoms with Gasteiger partial charge in [0, 0.05) is 12.6 Å². The quantitative estimate of drug-likeness (QED) is 0.686. The van der Waals surface area contributed by atoms with Gasteiger partial charge < -0.3 is 14.4 Å². The van der Waals surface area contributed by atoms with Crippen molar-refractivity contribution in [1.82, 2.24) is 0 Å². The van der Waals surface area contributed by atoms with Crippen LogP contribution in [-0.4, -0.2) is 32.3 Å². The van der Waals surface area contributed by atoms with E-state index in [0.29, 0.717) is 23.7 Å². The monoisotopic (exact) mass is 384 g/mol. The lowest BCUT2D eigenvalue weighted by atomic mass is 10.1. The van der Waals surface area contributed by atoms with Crippen molar-refractivity contribution < 1.29 is 19.1 Å². The summed E-state index contributed by atoms with van der Waals surface area (Å²) in [5, 5.41) is 0. The Morgan fingerprint density at radius 1 is 1.11 bits per heavy atom. The number of methoxy groups -OCH3 is 1. The Bertz CT molecular complexity index is 843. The molecule has 0 spiro atoms. The van der Waals surface area contributed by atoms with E-state index in [-0.39, 0.29) is 0 Å². The summed E-state index contributed by atoms with van der Waals surface area (Å²) in [5.74, 6) is 0.698. The third-order valence-electron chi connectivity index (χ3n) is 4.13. The van der Waals surface area contributed by atoms with Crippen LogP contribution in [0.3, 0.4) is 0 Å². The Morgan fingerprint density at radius 3 is 2.39 bits per heavy atom. The summed E-state index contributed by atoms with van der Waals surface area (Å²) < 4.78 is 10.9. The molecule has 0 aliphatic carbocycles. The van der Waals surface area contributed by atoms with Gasteiger partial charge in [-0.15, -0.1) is 0 Å². The minimum Gasteiger partial charge on any atom is -0.496 e. The minimum absolute atomic E-state index is 0.312. The number of hydrogen-bond acceptors (Lipinski definition) is 4. The summed E-state index contributed by atoms with van der Waals surface area (Å²) in [6.45, 7) is 7.69. The number of carbonyl (C=O) groups is 2. The number of benzene rings is 2. The lowest BCUT2D eigenvalue weighted by Gasteiger charge is -2.28. The van der Waals surface area contributed by atoms with E-state index in [2.05, 4.69) is 0 Å². The van der Waals surface area contributed by atoms with Crippen LogP contribution in [0.2, 0.25) is 0 Å². The highest BCUT2D eigenvalue weighted by Gasteiger charge is 2.24. The highest BCUT2D eigenvalue weighted by molar-refractivity contribution is 5.95. The normalized spacial score (nSPS) is 10.9. The van der Waals surface area contributed by atoms with Crippen molar-refractivity contribution in [2.75, 3.05) is 24.0 Å². The molecular formula is C22H28N2O4. The topological polar surface area (TPSA) is 59.1 Å². The molecule has 0 aliphatic rings. The van der Waals surface area contributed by atoms with Crippen molar-refractivity contribution in [3.05, 3.63) is 53.6 Å². The molecule has 0 atom stereocenters. The van der Waals surface area contributed by atoms with Gasteiger partial charge in [-0.3, -0.25) is 9.69 Å². The van der Waals surface area contributed by atoms with Crippen molar-refractivity contribution in [3.63, 3.8) is 0 Å². The zero-order valence-corrected chi connectivity index (χ0v) is 17.4. The Labute approximate surface area is 166 Å². The van der Waals surface area contributed by atoms with Gasteiger partial charge in [0.1, 0.15) is 11.4 Å². The lowest BCUT2D eigenvalue weighted by molar-refractivity contribution is -0.107. The summed E-state index contributed by atoms with van der Waals surface area (Å²) in [5.41, 5.74) is 2.43. The Hall–Kier alpha value is -3.02. The number of ether oxygens (including phenoxy) is 2. The van der Waals surface area contributed by atoms with E-state index < -0.39 is 11.7 Å². The first-order valence-corrected chi connectivity index (χ1v) is 9.07. The molecule has 0 radical (unpaired) electrons. The number of para-hydroxylation sites is 1. The maximum Gasteiger partial charge on any atom is 0.414 e. The first kappa shape index (κ1) is 21.3. The summed E-state index contributed by atoms with van der Waals surface area (Å²) in [6.07, 6.45) is 0.272. The third kappa shape index (κ3) is 5.25. The number of nitrogens with zero attached hydrogens (tertiary/aromatic N) is 2. The van der Waals surface area contributed by atoms with Crippen LogP contribution in [0.1, 0.15) is 31.9 Å². The second-order valence-electron chi connectivity index (χ2n) is 7.58. The lowest BCUT2D eigenvalue weighted by Crippen LogP contribution is -2.35. The largest absolute Gasteiger partial charge is 0.496 e. The van der Waals surface area contributed by atoms with E-state index in [4.69, 9.17) is 9.47 Å². The number of rotatable bonds is 6. The molecule has 6 heteroatoms. The van der Waals surface area contributed by atoms with Crippen molar-refractivity contribution in [2.24, 2.45) is 0 Å². The van der Waals surface area contributed by atoms with Gasteiger partial charge in [0.25, 0.3) is 0 Å². The van der Waals surface area contributed by atoms with Gasteiger partial charge in [0.15, 0.2) is 0 Å². The second kappa shape index (κ2) is 8.78. The number of aryl methyl sites for hydroxylation is 1. The fraction of sp³-hybridized carbons (Fsp3) is 0.364. The SMILES string of the molecule is COc1ccccc1CN(C=O)c1cc(C)ccc1N(C)C(=O)OC(C)(C)C. The van der Waals surface area contributed by atoms with Crippen LogP contribution in [0.15, 0.2) is 42.5 Å². The molecule has 0 saturated heterocycles. The van der Waals surface area contributed by atoms with Gasteiger partial charge in [0.05, 0.1) is 25.0 Å². The molecule has 0 N–H and O–H groups in total. The molecule has 2 aromatic rings. The fourth-order valence-electron chi connectivity index (χ4n) is 2.77. The molecule has 28 heavy (non-hydrogen) atoms. The molecule has 0 bridgehead atoms. The molecule has 2 amide bonds.